The monoisotopic (exact) mass is 503 g/mol. The molecule has 4 aromatic rings. The molecule has 0 spiro atoms. The van der Waals surface area contributed by atoms with Crippen LogP contribution in [-0.4, -0.2) is 17.5 Å². The molecule has 0 fully saturated rings. The Morgan fingerprint density at radius 2 is 1.92 bits per heavy atom. The summed E-state index contributed by atoms with van der Waals surface area (Å²) in [6.45, 7) is 5.85. The molecule has 7 nitrogen and oxygen atoms in total. The first kappa shape index (κ1) is 23.9. The lowest BCUT2D eigenvalue weighted by molar-refractivity contribution is -0.120. The van der Waals surface area contributed by atoms with Crippen LogP contribution in [0.15, 0.2) is 56.6 Å². The van der Waals surface area contributed by atoms with Crippen LogP contribution in [0.1, 0.15) is 57.0 Å². The highest BCUT2D eigenvalue weighted by atomic mass is 35.5. The van der Waals surface area contributed by atoms with Gasteiger partial charge in [0.1, 0.15) is 11.3 Å². The van der Waals surface area contributed by atoms with Crippen LogP contribution in [0, 0.1) is 20.8 Å². The fraction of sp³-hybridized carbons (Fsp3) is 0.250. The number of rotatable bonds is 5. The van der Waals surface area contributed by atoms with Gasteiger partial charge in [0.15, 0.2) is 5.76 Å². The van der Waals surface area contributed by atoms with E-state index in [4.69, 9.17) is 20.4 Å². The van der Waals surface area contributed by atoms with E-state index in [1.807, 2.05) is 26.8 Å². The van der Waals surface area contributed by atoms with E-state index in [2.05, 4.69) is 21.9 Å². The molecule has 0 bridgehead atoms. The minimum absolute atomic E-state index is 0.149. The van der Waals surface area contributed by atoms with Gasteiger partial charge in [-0.05, 0) is 62.9 Å². The number of nitrogens with zero attached hydrogens (tertiary/aromatic N) is 1. The zero-order valence-corrected chi connectivity index (χ0v) is 21.1. The van der Waals surface area contributed by atoms with E-state index in [0.717, 1.165) is 39.6 Å². The third kappa shape index (κ3) is 4.54. The molecule has 0 saturated carbocycles. The minimum atomic E-state index is -0.379. The number of hydrazone groups is 1. The van der Waals surface area contributed by atoms with Gasteiger partial charge in [-0.25, -0.2) is 5.43 Å². The average Bonchev–Trinajstić information content (AvgIpc) is 3.40. The zero-order valence-electron chi connectivity index (χ0n) is 20.3. The SMILES string of the molecule is Cc1cc(C)c2c(CC(=O)N/N=C3\CCCc4oc(C(=O)Nc5ccccc5Cl)c(C)c43)coc2c1. The minimum Gasteiger partial charge on any atom is -0.464 e. The van der Waals surface area contributed by atoms with Crippen LogP contribution in [0.25, 0.3) is 11.0 Å². The van der Waals surface area contributed by atoms with Crippen LogP contribution in [-0.2, 0) is 17.6 Å². The van der Waals surface area contributed by atoms with Gasteiger partial charge in [0.2, 0.25) is 5.91 Å². The Hall–Kier alpha value is -3.84. The van der Waals surface area contributed by atoms with Crippen molar-refractivity contribution < 1.29 is 18.4 Å². The van der Waals surface area contributed by atoms with Crippen molar-refractivity contribution in [1.82, 2.24) is 5.43 Å². The Morgan fingerprint density at radius 3 is 2.72 bits per heavy atom. The average molecular weight is 504 g/mol. The Labute approximate surface area is 213 Å². The first-order valence-corrected chi connectivity index (χ1v) is 12.2. The molecule has 2 aromatic heterocycles. The number of furan rings is 2. The van der Waals surface area contributed by atoms with Crippen LogP contribution in [0.4, 0.5) is 5.69 Å². The molecule has 2 amide bonds. The third-order valence-electron chi connectivity index (χ3n) is 6.41. The van der Waals surface area contributed by atoms with Gasteiger partial charge in [0, 0.05) is 28.5 Å². The van der Waals surface area contributed by atoms with E-state index in [0.29, 0.717) is 40.6 Å². The predicted octanol–water partition coefficient (Wildman–Crippen LogP) is 6.26. The van der Waals surface area contributed by atoms with E-state index in [9.17, 15) is 9.59 Å². The maximum Gasteiger partial charge on any atom is 0.291 e. The zero-order chi connectivity index (χ0) is 25.4. The highest BCUT2D eigenvalue weighted by Crippen LogP contribution is 2.31. The highest BCUT2D eigenvalue weighted by molar-refractivity contribution is 6.33. The molecule has 0 saturated heterocycles. The van der Waals surface area contributed by atoms with Crippen LogP contribution >= 0.6 is 11.6 Å². The number of hydrogen-bond donors (Lipinski definition) is 2. The van der Waals surface area contributed by atoms with Crippen molar-refractivity contribution >= 4 is 45.8 Å². The topological polar surface area (TPSA) is 96.8 Å². The predicted molar refractivity (Wildman–Crippen MR) is 140 cm³/mol. The van der Waals surface area contributed by atoms with Crippen LogP contribution < -0.4 is 10.7 Å². The molecule has 5 rings (SSSR count). The molecule has 1 aliphatic carbocycles. The molecule has 8 heteroatoms. The summed E-state index contributed by atoms with van der Waals surface area (Å²) in [5, 5.41) is 8.64. The molecular formula is C28H26ClN3O4. The summed E-state index contributed by atoms with van der Waals surface area (Å²) in [4.78, 5) is 25.7. The van der Waals surface area contributed by atoms with Crippen LogP contribution in [0.5, 0.6) is 0 Å². The number of hydrogen-bond acceptors (Lipinski definition) is 5. The van der Waals surface area contributed by atoms with E-state index < -0.39 is 0 Å². The van der Waals surface area contributed by atoms with Gasteiger partial charge in [-0.1, -0.05) is 29.8 Å². The Morgan fingerprint density at radius 1 is 1.11 bits per heavy atom. The lowest BCUT2D eigenvalue weighted by Gasteiger charge is -2.13. The number of aryl methyl sites for hydroxylation is 3. The molecule has 0 radical (unpaired) electrons. The summed E-state index contributed by atoms with van der Waals surface area (Å²) in [6.07, 6.45) is 3.96. The van der Waals surface area contributed by atoms with Crippen molar-refractivity contribution in [2.24, 2.45) is 5.10 Å². The molecule has 1 aliphatic rings. The van der Waals surface area contributed by atoms with Gasteiger partial charge in [0.25, 0.3) is 5.91 Å². The largest absolute Gasteiger partial charge is 0.464 e. The molecule has 184 valence electrons. The summed E-state index contributed by atoms with van der Waals surface area (Å²) in [5.41, 5.74) is 9.15. The maximum absolute atomic E-state index is 12.9. The van der Waals surface area contributed by atoms with Crippen molar-refractivity contribution in [2.45, 2.75) is 46.5 Å². The Balaban J connectivity index is 1.34. The first-order chi connectivity index (χ1) is 17.3. The fourth-order valence-electron chi connectivity index (χ4n) is 4.84. The molecule has 2 heterocycles. The summed E-state index contributed by atoms with van der Waals surface area (Å²) in [6, 6.07) is 11.1. The first-order valence-electron chi connectivity index (χ1n) is 11.8. The number of para-hydroxylation sites is 1. The molecular weight excluding hydrogens is 478 g/mol. The van der Waals surface area contributed by atoms with Gasteiger partial charge in [-0.2, -0.15) is 5.10 Å². The third-order valence-corrected chi connectivity index (χ3v) is 6.74. The van der Waals surface area contributed by atoms with Crippen molar-refractivity contribution in [2.75, 3.05) is 5.32 Å². The van der Waals surface area contributed by atoms with E-state index in [1.54, 1.807) is 30.5 Å². The number of carbonyl (C=O) groups excluding carboxylic acids is 2. The normalized spacial score (nSPS) is 14.2. The summed E-state index contributed by atoms with van der Waals surface area (Å²) < 4.78 is 11.6. The quantitative estimate of drug-likeness (QED) is 0.314. The second-order valence-electron chi connectivity index (χ2n) is 9.13. The number of amides is 2. The number of fused-ring (bicyclic) bond motifs is 2. The molecule has 2 N–H and O–H groups in total. The second-order valence-corrected chi connectivity index (χ2v) is 9.54. The molecule has 36 heavy (non-hydrogen) atoms. The van der Waals surface area contributed by atoms with Gasteiger partial charge in [-0.15, -0.1) is 0 Å². The summed E-state index contributed by atoms with van der Waals surface area (Å²) in [5.74, 6) is 0.297. The van der Waals surface area contributed by atoms with Gasteiger partial charge < -0.3 is 14.2 Å². The van der Waals surface area contributed by atoms with Crippen molar-refractivity contribution in [3.05, 3.63) is 87.0 Å². The standard InChI is InChI=1S/C28H26ClN3O4/c1-15-11-16(2)25-18(14-35-23(25)12-15)13-24(33)32-31-21-9-6-10-22-26(21)17(3)27(36-22)28(34)30-20-8-5-4-7-19(20)29/h4-5,7-8,11-12,14H,6,9-10,13H2,1-3H3,(H,30,34)(H,32,33)/b31-21+. The molecule has 2 aromatic carbocycles. The number of halogens is 1. The fourth-order valence-corrected chi connectivity index (χ4v) is 5.02. The van der Waals surface area contributed by atoms with Gasteiger partial charge >= 0.3 is 0 Å². The maximum atomic E-state index is 12.9. The lowest BCUT2D eigenvalue weighted by atomic mass is 9.93. The summed E-state index contributed by atoms with van der Waals surface area (Å²) >= 11 is 6.18. The Kier molecular flexibility index (Phi) is 6.41. The van der Waals surface area contributed by atoms with Crippen LogP contribution in [0.3, 0.4) is 0 Å². The molecule has 0 aliphatic heterocycles. The van der Waals surface area contributed by atoms with E-state index in [-0.39, 0.29) is 24.0 Å². The number of carbonyl (C=O) groups is 2. The lowest BCUT2D eigenvalue weighted by Crippen LogP contribution is -2.23. The number of benzene rings is 2. The van der Waals surface area contributed by atoms with Crippen molar-refractivity contribution in [3.63, 3.8) is 0 Å². The molecule has 0 unspecified atom stereocenters. The number of nitrogens with one attached hydrogen (secondary N) is 2. The van der Waals surface area contributed by atoms with Crippen molar-refractivity contribution in [1.29, 1.82) is 0 Å². The van der Waals surface area contributed by atoms with Gasteiger partial charge in [0.05, 0.1) is 29.1 Å². The van der Waals surface area contributed by atoms with E-state index in [1.165, 1.54) is 0 Å². The van der Waals surface area contributed by atoms with Gasteiger partial charge in [-0.3, -0.25) is 9.59 Å². The van der Waals surface area contributed by atoms with E-state index >= 15 is 0 Å². The number of anilines is 1. The highest BCUT2D eigenvalue weighted by Gasteiger charge is 2.28. The van der Waals surface area contributed by atoms with Crippen LogP contribution in [0.2, 0.25) is 5.02 Å². The Bertz CT molecular complexity index is 1530. The molecule has 0 atom stereocenters. The summed E-state index contributed by atoms with van der Waals surface area (Å²) in [7, 11) is 0. The smallest absolute Gasteiger partial charge is 0.291 e. The second kappa shape index (κ2) is 9.66. The van der Waals surface area contributed by atoms with Crippen molar-refractivity contribution in [3.8, 4) is 0 Å².